The number of pyridine rings is 1. The lowest BCUT2D eigenvalue weighted by molar-refractivity contribution is -0.385. The SMILES string of the molecule is COc1ccc(CC(=O)OCCCNc2ccc([N+](=O)[O-])cn2)cc1. The Balaban J connectivity index is 1.63. The molecule has 8 heteroatoms. The molecule has 25 heavy (non-hydrogen) atoms. The lowest BCUT2D eigenvalue weighted by Gasteiger charge is -2.07. The molecule has 0 amide bonds. The van der Waals surface area contributed by atoms with Crippen molar-refractivity contribution in [2.24, 2.45) is 0 Å². The number of anilines is 1. The largest absolute Gasteiger partial charge is 0.497 e. The first-order valence-corrected chi connectivity index (χ1v) is 7.71. The molecule has 0 unspecified atom stereocenters. The minimum atomic E-state index is -0.501. The van der Waals surface area contributed by atoms with Crippen LogP contribution in [-0.4, -0.2) is 36.1 Å². The van der Waals surface area contributed by atoms with Crippen LogP contribution in [0.4, 0.5) is 11.5 Å². The highest BCUT2D eigenvalue weighted by atomic mass is 16.6. The summed E-state index contributed by atoms with van der Waals surface area (Å²) in [6.07, 6.45) is 2.01. The third-order valence-electron chi connectivity index (χ3n) is 3.36. The van der Waals surface area contributed by atoms with Gasteiger partial charge >= 0.3 is 5.97 Å². The number of carbonyl (C=O) groups excluding carboxylic acids is 1. The smallest absolute Gasteiger partial charge is 0.310 e. The fraction of sp³-hybridized carbons (Fsp3) is 0.294. The van der Waals surface area contributed by atoms with Gasteiger partial charge in [0.15, 0.2) is 0 Å². The van der Waals surface area contributed by atoms with Gasteiger partial charge in [-0.25, -0.2) is 4.98 Å². The zero-order valence-electron chi connectivity index (χ0n) is 13.8. The predicted molar refractivity (Wildman–Crippen MR) is 91.7 cm³/mol. The van der Waals surface area contributed by atoms with Crippen LogP contribution in [0.1, 0.15) is 12.0 Å². The van der Waals surface area contributed by atoms with Crippen molar-refractivity contribution in [1.82, 2.24) is 4.98 Å². The Morgan fingerprint density at radius 3 is 2.60 bits per heavy atom. The highest BCUT2D eigenvalue weighted by Gasteiger charge is 2.06. The van der Waals surface area contributed by atoms with Gasteiger partial charge < -0.3 is 14.8 Å². The number of nitrogens with one attached hydrogen (secondary N) is 1. The van der Waals surface area contributed by atoms with E-state index < -0.39 is 4.92 Å². The van der Waals surface area contributed by atoms with E-state index in [2.05, 4.69) is 10.3 Å². The number of carbonyl (C=O) groups is 1. The van der Waals surface area contributed by atoms with E-state index in [9.17, 15) is 14.9 Å². The summed E-state index contributed by atoms with van der Waals surface area (Å²) in [5.41, 5.74) is 0.803. The second kappa shape index (κ2) is 9.21. The molecule has 0 radical (unpaired) electrons. The Hall–Kier alpha value is -3.16. The molecule has 8 nitrogen and oxygen atoms in total. The topological polar surface area (TPSA) is 104 Å². The maximum absolute atomic E-state index is 11.8. The Kier molecular flexibility index (Phi) is 6.70. The van der Waals surface area contributed by atoms with Crippen molar-refractivity contribution < 1.29 is 19.2 Å². The minimum absolute atomic E-state index is 0.0574. The van der Waals surface area contributed by atoms with Gasteiger partial charge in [0.1, 0.15) is 17.8 Å². The Labute approximate surface area is 144 Å². The second-order valence-corrected chi connectivity index (χ2v) is 5.18. The predicted octanol–water partition coefficient (Wildman–Crippen LogP) is 2.59. The molecule has 0 spiro atoms. The summed E-state index contributed by atoms with van der Waals surface area (Å²) in [6, 6.07) is 10.1. The Morgan fingerprint density at radius 2 is 2.00 bits per heavy atom. The van der Waals surface area contributed by atoms with Gasteiger partial charge in [-0.05, 0) is 30.2 Å². The molecule has 1 aromatic carbocycles. The van der Waals surface area contributed by atoms with Gasteiger partial charge in [-0.3, -0.25) is 14.9 Å². The molecule has 2 aromatic rings. The normalized spacial score (nSPS) is 10.1. The van der Waals surface area contributed by atoms with Crippen LogP contribution in [0.25, 0.3) is 0 Å². The van der Waals surface area contributed by atoms with E-state index in [0.717, 1.165) is 11.3 Å². The van der Waals surface area contributed by atoms with Crippen molar-refractivity contribution in [3.63, 3.8) is 0 Å². The number of benzene rings is 1. The Morgan fingerprint density at radius 1 is 1.24 bits per heavy atom. The van der Waals surface area contributed by atoms with Gasteiger partial charge in [0.05, 0.1) is 25.1 Å². The van der Waals surface area contributed by atoms with Crippen LogP contribution in [0.3, 0.4) is 0 Å². The number of methoxy groups -OCH3 is 1. The number of aromatic nitrogens is 1. The van der Waals surface area contributed by atoms with Crippen LogP contribution in [0.15, 0.2) is 42.6 Å². The molecule has 1 aromatic heterocycles. The van der Waals surface area contributed by atoms with Crippen molar-refractivity contribution in [1.29, 1.82) is 0 Å². The third kappa shape index (κ3) is 6.09. The number of nitro groups is 1. The van der Waals surface area contributed by atoms with E-state index in [1.54, 1.807) is 19.2 Å². The van der Waals surface area contributed by atoms with Gasteiger partial charge in [0, 0.05) is 12.6 Å². The fourth-order valence-corrected chi connectivity index (χ4v) is 2.03. The lowest BCUT2D eigenvalue weighted by Crippen LogP contribution is -2.12. The maximum Gasteiger partial charge on any atom is 0.310 e. The van der Waals surface area contributed by atoms with Crippen molar-refractivity contribution >= 4 is 17.5 Å². The molecule has 1 N–H and O–H groups in total. The van der Waals surface area contributed by atoms with Gasteiger partial charge in [-0.2, -0.15) is 0 Å². The van der Waals surface area contributed by atoms with Crippen molar-refractivity contribution in [2.75, 3.05) is 25.6 Å². The number of hydrogen-bond donors (Lipinski definition) is 1. The molecular formula is C17H19N3O5. The van der Waals surface area contributed by atoms with Gasteiger partial charge in [-0.15, -0.1) is 0 Å². The van der Waals surface area contributed by atoms with E-state index in [4.69, 9.17) is 9.47 Å². The van der Waals surface area contributed by atoms with Crippen LogP contribution >= 0.6 is 0 Å². The Bertz CT molecular complexity index is 701. The average Bonchev–Trinajstić information content (AvgIpc) is 2.62. The molecule has 132 valence electrons. The highest BCUT2D eigenvalue weighted by Crippen LogP contribution is 2.13. The van der Waals surface area contributed by atoms with Crippen molar-refractivity contribution in [2.45, 2.75) is 12.8 Å². The van der Waals surface area contributed by atoms with Crippen LogP contribution in [0.2, 0.25) is 0 Å². The summed E-state index contributed by atoms with van der Waals surface area (Å²) in [5.74, 6) is 0.983. The van der Waals surface area contributed by atoms with E-state index in [0.29, 0.717) is 18.8 Å². The summed E-state index contributed by atoms with van der Waals surface area (Å²) in [6.45, 7) is 0.829. The fourth-order valence-electron chi connectivity index (χ4n) is 2.03. The molecule has 0 bridgehead atoms. The first-order chi connectivity index (χ1) is 12.1. The van der Waals surface area contributed by atoms with Gasteiger partial charge in [-0.1, -0.05) is 12.1 Å². The summed E-state index contributed by atoms with van der Waals surface area (Å²) in [5, 5.41) is 13.5. The molecule has 0 aliphatic carbocycles. The summed E-state index contributed by atoms with van der Waals surface area (Å²) >= 11 is 0. The molecule has 0 atom stereocenters. The van der Waals surface area contributed by atoms with Crippen LogP contribution in [0.5, 0.6) is 5.75 Å². The molecule has 0 fully saturated rings. The number of rotatable bonds is 9. The molecular weight excluding hydrogens is 326 g/mol. The quantitative estimate of drug-likeness (QED) is 0.322. The van der Waals surface area contributed by atoms with Crippen molar-refractivity contribution in [3.8, 4) is 5.75 Å². The molecule has 0 saturated carbocycles. The number of hydrogen-bond acceptors (Lipinski definition) is 7. The number of nitrogens with zero attached hydrogens (tertiary/aromatic N) is 2. The van der Waals surface area contributed by atoms with E-state index in [1.807, 2.05) is 12.1 Å². The lowest BCUT2D eigenvalue weighted by atomic mass is 10.1. The van der Waals surface area contributed by atoms with Crippen LogP contribution < -0.4 is 10.1 Å². The van der Waals surface area contributed by atoms with Crippen LogP contribution in [0, 0.1) is 10.1 Å². The van der Waals surface area contributed by atoms with Crippen LogP contribution in [-0.2, 0) is 16.0 Å². The standard InChI is InChI=1S/C17H19N3O5/c1-24-15-6-3-13(4-7-15)11-17(21)25-10-2-9-18-16-8-5-14(12-19-16)20(22)23/h3-8,12H,2,9-11H2,1H3,(H,18,19). The molecule has 0 aliphatic rings. The molecule has 0 aliphatic heterocycles. The van der Waals surface area contributed by atoms with Gasteiger partial charge in [0.2, 0.25) is 0 Å². The monoisotopic (exact) mass is 345 g/mol. The zero-order valence-corrected chi connectivity index (χ0v) is 13.8. The van der Waals surface area contributed by atoms with E-state index in [-0.39, 0.29) is 24.7 Å². The third-order valence-corrected chi connectivity index (χ3v) is 3.36. The maximum atomic E-state index is 11.8. The first kappa shape index (κ1) is 18.2. The zero-order chi connectivity index (χ0) is 18.1. The highest BCUT2D eigenvalue weighted by molar-refractivity contribution is 5.72. The van der Waals surface area contributed by atoms with E-state index in [1.165, 1.54) is 18.3 Å². The number of esters is 1. The molecule has 1 heterocycles. The van der Waals surface area contributed by atoms with E-state index >= 15 is 0 Å². The summed E-state index contributed by atoms with van der Waals surface area (Å²) in [4.78, 5) is 25.7. The average molecular weight is 345 g/mol. The second-order valence-electron chi connectivity index (χ2n) is 5.18. The molecule has 2 rings (SSSR count). The summed E-state index contributed by atoms with van der Waals surface area (Å²) < 4.78 is 10.2. The van der Waals surface area contributed by atoms with Gasteiger partial charge in [0.25, 0.3) is 5.69 Å². The first-order valence-electron chi connectivity index (χ1n) is 7.71. The van der Waals surface area contributed by atoms with Crippen molar-refractivity contribution in [3.05, 3.63) is 58.3 Å². The number of ether oxygens (including phenoxy) is 2. The molecule has 0 saturated heterocycles. The minimum Gasteiger partial charge on any atom is -0.497 e. The summed E-state index contributed by atoms with van der Waals surface area (Å²) in [7, 11) is 1.59.